The van der Waals surface area contributed by atoms with Crippen molar-refractivity contribution in [2.75, 3.05) is 5.88 Å². The van der Waals surface area contributed by atoms with Crippen LogP contribution in [-0.2, 0) is 0 Å². The van der Waals surface area contributed by atoms with Crippen molar-refractivity contribution in [1.82, 2.24) is 4.98 Å². The molecule has 0 unspecified atom stereocenters. The minimum absolute atomic E-state index is 0.0407. The first-order valence-corrected chi connectivity index (χ1v) is 6.04. The van der Waals surface area contributed by atoms with Crippen LogP contribution >= 0.6 is 22.9 Å². The van der Waals surface area contributed by atoms with E-state index in [1.54, 1.807) is 0 Å². The monoisotopic (exact) mass is 249 g/mol. The zero-order valence-corrected chi connectivity index (χ0v) is 9.86. The van der Waals surface area contributed by atoms with E-state index in [0.717, 1.165) is 28.2 Å². The lowest BCUT2D eigenvalue weighted by atomic mass is 10.1. The third kappa shape index (κ3) is 2.54. The lowest BCUT2D eigenvalue weighted by molar-refractivity contribution is 1.34. The summed E-state index contributed by atoms with van der Waals surface area (Å²) in [5.74, 6) is 6.05. The zero-order chi connectivity index (χ0) is 11.4. The van der Waals surface area contributed by atoms with Gasteiger partial charge >= 0.3 is 4.87 Å². The van der Waals surface area contributed by atoms with Crippen molar-refractivity contribution in [3.05, 3.63) is 44.9 Å². The lowest BCUT2D eigenvalue weighted by Gasteiger charge is -1.96. The van der Waals surface area contributed by atoms with E-state index in [2.05, 4.69) is 16.8 Å². The predicted molar refractivity (Wildman–Crippen MR) is 68.0 cm³/mol. The van der Waals surface area contributed by atoms with E-state index < -0.39 is 0 Å². The maximum Gasteiger partial charge on any atom is 0.304 e. The van der Waals surface area contributed by atoms with Crippen molar-refractivity contribution in [2.45, 2.75) is 0 Å². The molecule has 0 aliphatic rings. The highest BCUT2D eigenvalue weighted by molar-refractivity contribution is 7.07. The third-order valence-electron chi connectivity index (χ3n) is 2.02. The first-order chi connectivity index (χ1) is 7.79. The number of benzene rings is 1. The van der Waals surface area contributed by atoms with Crippen LogP contribution in [0.25, 0.3) is 11.3 Å². The Morgan fingerprint density at radius 3 is 2.62 bits per heavy atom. The predicted octanol–water partition coefficient (Wildman–Crippen LogP) is 2.69. The van der Waals surface area contributed by atoms with Gasteiger partial charge in [0.15, 0.2) is 0 Å². The molecule has 2 aromatic rings. The molecule has 0 fully saturated rings. The Morgan fingerprint density at radius 2 is 2.06 bits per heavy atom. The van der Waals surface area contributed by atoms with Crippen molar-refractivity contribution < 1.29 is 0 Å². The molecule has 0 saturated carbocycles. The summed E-state index contributed by atoms with van der Waals surface area (Å²) in [5.41, 5.74) is 2.74. The van der Waals surface area contributed by atoms with Crippen LogP contribution in [0, 0.1) is 11.8 Å². The number of hydrogen-bond donors (Lipinski definition) is 1. The Hall–Kier alpha value is -1.50. The number of rotatable bonds is 1. The van der Waals surface area contributed by atoms with Crippen molar-refractivity contribution >= 4 is 22.9 Å². The van der Waals surface area contributed by atoms with Crippen molar-refractivity contribution in [3.8, 4) is 23.1 Å². The molecule has 0 bridgehead atoms. The van der Waals surface area contributed by atoms with Crippen LogP contribution in [0.2, 0.25) is 0 Å². The topological polar surface area (TPSA) is 32.9 Å². The highest BCUT2D eigenvalue weighted by Gasteiger charge is 1.99. The van der Waals surface area contributed by atoms with Crippen LogP contribution in [0.5, 0.6) is 0 Å². The molecule has 1 aromatic carbocycles. The average molecular weight is 250 g/mol. The van der Waals surface area contributed by atoms with Gasteiger partial charge in [-0.05, 0) is 17.7 Å². The summed E-state index contributed by atoms with van der Waals surface area (Å²) in [4.78, 5) is 13.7. The molecule has 0 amide bonds. The standard InChI is InChI=1S/C12H8ClNOS/c13-7-1-2-9-3-5-10(6-4-9)11-8-16-12(15)14-11/h3-6,8H,7H2,(H,14,15). The molecule has 16 heavy (non-hydrogen) atoms. The normalized spacial score (nSPS) is 9.56. The maximum absolute atomic E-state index is 11.0. The minimum Gasteiger partial charge on any atom is -0.312 e. The van der Waals surface area contributed by atoms with Gasteiger partial charge in [0.25, 0.3) is 0 Å². The molecule has 80 valence electrons. The summed E-state index contributed by atoms with van der Waals surface area (Å²) < 4.78 is 0. The summed E-state index contributed by atoms with van der Waals surface area (Å²) >= 11 is 6.63. The Bertz CT molecular complexity index is 586. The average Bonchev–Trinajstić information content (AvgIpc) is 2.74. The van der Waals surface area contributed by atoms with Gasteiger partial charge in [-0.25, -0.2) is 0 Å². The Balaban J connectivity index is 2.29. The summed E-state index contributed by atoms with van der Waals surface area (Å²) in [6.07, 6.45) is 0. The van der Waals surface area contributed by atoms with Gasteiger partial charge in [0.1, 0.15) is 0 Å². The number of aromatic amines is 1. The third-order valence-corrected chi connectivity index (χ3v) is 2.82. The fourth-order valence-corrected chi connectivity index (χ4v) is 1.95. The maximum atomic E-state index is 11.0. The Kier molecular flexibility index (Phi) is 3.45. The molecule has 0 spiro atoms. The highest BCUT2D eigenvalue weighted by atomic mass is 35.5. The van der Waals surface area contributed by atoms with Crippen LogP contribution in [0.1, 0.15) is 5.56 Å². The summed E-state index contributed by atoms with van der Waals surface area (Å²) in [5, 5.41) is 1.81. The van der Waals surface area contributed by atoms with Gasteiger partial charge in [-0.2, -0.15) is 0 Å². The first kappa shape index (κ1) is 11.0. The summed E-state index contributed by atoms with van der Waals surface area (Å²) in [6.45, 7) is 0. The molecule has 2 nitrogen and oxygen atoms in total. The van der Waals surface area contributed by atoms with E-state index in [4.69, 9.17) is 11.6 Å². The van der Waals surface area contributed by atoms with E-state index in [0.29, 0.717) is 5.88 Å². The van der Waals surface area contributed by atoms with Crippen LogP contribution < -0.4 is 4.87 Å². The highest BCUT2D eigenvalue weighted by Crippen LogP contribution is 2.17. The zero-order valence-electron chi connectivity index (χ0n) is 8.29. The molecule has 0 radical (unpaired) electrons. The van der Waals surface area contributed by atoms with Gasteiger partial charge in [0, 0.05) is 10.9 Å². The van der Waals surface area contributed by atoms with Crippen LogP contribution in [0.15, 0.2) is 34.4 Å². The summed E-state index contributed by atoms with van der Waals surface area (Å²) in [6, 6.07) is 7.67. The van der Waals surface area contributed by atoms with Crippen LogP contribution in [-0.4, -0.2) is 10.9 Å². The molecule has 1 aromatic heterocycles. The molecular weight excluding hydrogens is 242 g/mol. The van der Waals surface area contributed by atoms with Gasteiger partial charge in [0.2, 0.25) is 0 Å². The molecule has 4 heteroatoms. The van der Waals surface area contributed by atoms with Gasteiger partial charge in [-0.1, -0.05) is 35.3 Å². The largest absolute Gasteiger partial charge is 0.312 e. The Labute approximate surface area is 102 Å². The smallest absolute Gasteiger partial charge is 0.304 e. The van der Waals surface area contributed by atoms with Gasteiger partial charge in [0.05, 0.1) is 11.6 Å². The van der Waals surface area contributed by atoms with Crippen molar-refractivity contribution in [1.29, 1.82) is 0 Å². The molecular formula is C12H8ClNOS. The van der Waals surface area contributed by atoms with E-state index in [-0.39, 0.29) is 4.87 Å². The van der Waals surface area contributed by atoms with Crippen LogP contribution in [0.3, 0.4) is 0 Å². The van der Waals surface area contributed by atoms with E-state index in [9.17, 15) is 4.79 Å². The van der Waals surface area contributed by atoms with Gasteiger partial charge in [-0.3, -0.25) is 4.79 Å². The fraction of sp³-hybridized carbons (Fsp3) is 0.0833. The SMILES string of the molecule is O=c1[nH]c(-c2ccc(C#CCCl)cc2)cs1. The molecule has 2 rings (SSSR count). The molecule has 1 heterocycles. The minimum atomic E-state index is -0.0407. The van der Waals surface area contributed by atoms with E-state index >= 15 is 0 Å². The number of thiazole rings is 1. The molecule has 0 saturated heterocycles. The number of H-pyrrole nitrogens is 1. The van der Waals surface area contributed by atoms with Crippen molar-refractivity contribution in [3.63, 3.8) is 0 Å². The van der Waals surface area contributed by atoms with Crippen molar-refractivity contribution in [2.24, 2.45) is 0 Å². The number of alkyl halides is 1. The number of halogens is 1. The Morgan fingerprint density at radius 1 is 1.31 bits per heavy atom. The van der Waals surface area contributed by atoms with Gasteiger partial charge in [-0.15, -0.1) is 11.6 Å². The van der Waals surface area contributed by atoms with Crippen LogP contribution in [0.4, 0.5) is 0 Å². The molecule has 0 aliphatic carbocycles. The van der Waals surface area contributed by atoms with E-state index in [1.807, 2.05) is 29.6 Å². The lowest BCUT2D eigenvalue weighted by Crippen LogP contribution is -1.92. The quantitative estimate of drug-likeness (QED) is 0.612. The van der Waals surface area contributed by atoms with E-state index in [1.165, 1.54) is 0 Å². The number of nitrogens with one attached hydrogen (secondary N) is 1. The first-order valence-electron chi connectivity index (χ1n) is 4.62. The second kappa shape index (κ2) is 5.02. The molecule has 0 aliphatic heterocycles. The molecule has 1 N–H and O–H groups in total. The second-order valence-electron chi connectivity index (χ2n) is 3.07. The second-order valence-corrected chi connectivity index (χ2v) is 4.18. The van der Waals surface area contributed by atoms with Gasteiger partial charge < -0.3 is 4.98 Å². The number of aromatic nitrogens is 1. The summed E-state index contributed by atoms with van der Waals surface area (Å²) in [7, 11) is 0. The number of hydrogen-bond acceptors (Lipinski definition) is 2. The molecule has 0 atom stereocenters. The fourth-order valence-electron chi connectivity index (χ4n) is 1.29.